The van der Waals surface area contributed by atoms with Gasteiger partial charge < -0.3 is 9.55 Å². The molecule has 4 aromatic rings. The Balaban J connectivity index is 1.72. The lowest BCUT2D eigenvalue weighted by Crippen LogP contribution is -2.28. The Hall–Kier alpha value is -2.75. The number of benzene rings is 2. The highest BCUT2D eigenvalue weighted by Crippen LogP contribution is 2.33. The molecule has 0 aliphatic carbocycles. The van der Waals surface area contributed by atoms with Crippen LogP contribution in [0.2, 0.25) is 0 Å². The summed E-state index contributed by atoms with van der Waals surface area (Å²) in [6, 6.07) is 11.1. The number of aryl methyl sites for hydroxylation is 3. The van der Waals surface area contributed by atoms with Crippen LogP contribution in [0.15, 0.2) is 63.2 Å². The highest BCUT2D eigenvalue weighted by Gasteiger charge is 2.29. The van der Waals surface area contributed by atoms with E-state index in [1.165, 1.54) is 29.8 Å². The molecule has 0 bridgehead atoms. The number of nitrogens with one attached hydrogen (secondary N) is 2. The number of hydrogen-bond donors (Lipinski definition) is 2. The Labute approximate surface area is 222 Å². The molecule has 0 saturated heterocycles. The number of aromatic amines is 1. The van der Waals surface area contributed by atoms with Gasteiger partial charge in [0.25, 0.3) is 15.6 Å². The number of halogens is 1. The molecule has 13 heteroatoms. The summed E-state index contributed by atoms with van der Waals surface area (Å²) in [5.74, 6) is 0.281. The number of sulfonamides is 2. The third kappa shape index (κ3) is 5.05. The van der Waals surface area contributed by atoms with Crippen molar-refractivity contribution in [3.05, 3.63) is 79.5 Å². The van der Waals surface area contributed by atoms with E-state index in [0.717, 1.165) is 9.87 Å². The molecule has 0 aliphatic heterocycles. The second-order valence-electron chi connectivity index (χ2n) is 8.48. The van der Waals surface area contributed by atoms with Gasteiger partial charge in [-0.15, -0.1) is 0 Å². The zero-order chi connectivity index (χ0) is 26.4. The number of aromatic nitrogens is 3. The van der Waals surface area contributed by atoms with Gasteiger partial charge in [-0.05, 0) is 72.3 Å². The van der Waals surface area contributed by atoms with Gasteiger partial charge in [0.1, 0.15) is 10.7 Å². The lowest BCUT2D eigenvalue weighted by Gasteiger charge is -2.21. The molecular formula is C23H24IN5O5S2. The second kappa shape index (κ2) is 9.61. The first kappa shape index (κ1) is 26.3. The fraction of sp³-hybridized carbons (Fsp3) is 0.217. The van der Waals surface area contributed by atoms with Crippen LogP contribution in [0.5, 0.6) is 0 Å². The van der Waals surface area contributed by atoms with Crippen LogP contribution in [0.1, 0.15) is 17.0 Å². The highest BCUT2D eigenvalue weighted by atomic mass is 127. The van der Waals surface area contributed by atoms with Crippen LogP contribution in [0, 0.1) is 17.4 Å². The largest absolute Gasteiger partial charge is 0.341 e. The molecule has 0 aliphatic rings. The van der Waals surface area contributed by atoms with Gasteiger partial charge in [-0.25, -0.2) is 21.8 Å². The van der Waals surface area contributed by atoms with Crippen LogP contribution >= 0.6 is 22.6 Å². The normalized spacial score (nSPS) is 12.4. The van der Waals surface area contributed by atoms with Crippen molar-refractivity contribution in [2.24, 2.45) is 7.05 Å². The van der Waals surface area contributed by atoms with Crippen LogP contribution in [-0.2, 0) is 33.6 Å². The SMILES string of the molecule is Cc1ccc(S(=O)(=O)Nc2c(I)cc(C)cc2S(=O)(=O)N(C)Cc2nc3c(=O)n(C)ccc3[nH]2)cc1. The van der Waals surface area contributed by atoms with E-state index in [1.54, 1.807) is 44.4 Å². The number of nitrogens with zero attached hydrogens (tertiary/aromatic N) is 3. The smallest absolute Gasteiger partial charge is 0.278 e. The van der Waals surface area contributed by atoms with Gasteiger partial charge in [0.05, 0.1) is 22.6 Å². The number of hydrogen-bond acceptors (Lipinski definition) is 6. The first-order chi connectivity index (χ1) is 16.8. The summed E-state index contributed by atoms with van der Waals surface area (Å²) in [6.45, 7) is 3.41. The van der Waals surface area contributed by atoms with Gasteiger partial charge in [-0.2, -0.15) is 4.31 Å². The first-order valence-electron chi connectivity index (χ1n) is 10.7. The fourth-order valence-corrected chi connectivity index (χ4v) is 7.43. The molecule has 2 aromatic heterocycles. The monoisotopic (exact) mass is 641 g/mol. The molecule has 0 unspecified atom stereocenters. The molecular weight excluding hydrogens is 617 g/mol. The van der Waals surface area contributed by atoms with E-state index >= 15 is 0 Å². The van der Waals surface area contributed by atoms with Gasteiger partial charge in [0.2, 0.25) is 10.0 Å². The molecule has 4 rings (SSSR count). The minimum atomic E-state index is -4.17. The van der Waals surface area contributed by atoms with Crippen molar-refractivity contribution >= 4 is 59.4 Å². The number of imidazole rings is 1. The average Bonchev–Trinajstić information content (AvgIpc) is 3.21. The molecule has 0 radical (unpaired) electrons. The number of pyridine rings is 1. The maximum absolute atomic E-state index is 13.6. The summed E-state index contributed by atoms with van der Waals surface area (Å²) in [4.78, 5) is 19.4. The summed E-state index contributed by atoms with van der Waals surface area (Å²) in [6.07, 6.45) is 1.59. The topological polar surface area (TPSA) is 134 Å². The van der Waals surface area contributed by atoms with Crippen molar-refractivity contribution in [3.63, 3.8) is 0 Å². The Morgan fingerprint density at radius 1 is 1.06 bits per heavy atom. The molecule has 0 amide bonds. The van der Waals surface area contributed by atoms with Gasteiger partial charge in [-0.3, -0.25) is 9.52 Å². The Morgan fingerprint density at radius 3 is 2.39 bits per heavy atom. The van der Waals surface area contributed by atoms with E-state index in [2.05, 4.69) is 14.7 Å². The van der Waals surface area contributed by atoms with E-state index in [4.69, 9.17) is 0 Å². The Kier molecular flexibility index (Phi) is 7.02. The maximum atomic E-state index is 13.6. The van der Waals surface area contributed by atoms with E-state index in [1.807, 2.05) is 29.5 Å². The standard InChI is InChI=1S/C23H24IN5O5S2/c1-14-5-7-16(8-6-14)35(31,32)27-21-17(24)11-15(2)12-19(21)36(33,34)29(4)13-20-25-18-9-10-28(3)23(30)22(18)26-20/h5-12,27H,13H2,1-4H3,(H,25,26). The van der Waals surface area contributed by atoms with E-state index in [9.17, 15) is 21.6 Å². The van der Waals surface area contributed by atoms with E-state index in [-0.39, 0.29) is 38.9 Å². The van der Waals surface area contributed by atoms with Crippen LogP contribution in [0.4, 0.5) is 5.69 Å². The lowest BCUT2D eigenvalue weighted by atomic mass is 10.2. The van der Waals surface area contributed by atoms with Crippen molar-refractivity contribution < 1.29 is 16.8 Å². The van der Waals surface area contributed by atoms with Crippen molar-refractivity contribution in [2.75, 3.05) is 11.8 Å². The predicted molar refractivity (Wildman–Crippen MR) is 146 cm³/mol. The molecule has 2 N–H and O–H groups in total. The molecule has 190 valence electrons. The number of anilines is 1. The summed E-state index contributed by atoms with van der Waals surface area (Å²) in [5.41, 5.74) is 1.91. The molecule has 2 heterocycles. The third-order valence-electron chi connectivity index (χ3n) is 5.60. The molecule has 0 spiro atoms. The molecule has 36 heavy (non-hydrogen) atoms. The summed E-state index contributed by atoms with van der Waals surface area (Å²) >= 11 is 1.91. The third-order valence-corrected chi connectivity index (χ3v) is 9.64. The average molecular weight is 642 g/mol. The predicted octanol–water partition coefficient (Wildman–Crippen LogP) is 3.10. The first-order valence-corrected chi connectivity index (χ1v) is 14.7. The van der Waals surface area contributed by atoms with Gasteiger partial charge in [-0.1, -0.05) is 17.7 Å². The summed E-state index contributed by atoms with van der Waals surface area (Å²) < 4.78 is 58.8. The highest BCUT2D eigenvalue weighted by molar-refractivity contribution is 14.1. The molecule has 2 aromatic carbocycles. The Morgan fingerprint density at radius 2 is 1.72 bits per heavy atom. The van der Waals surface area contributed by atoms with Crippen molar-refractivity contribution in [1.82, 2.24) is 18.8 Å². The van der Waals surface area contributed by atoms with E-state index in [0.29, 0.717) is 14.7 Å². The number of rotatable bonds is 7. The molecule has 0 atom stereocenters. The van der Waals surface area contributed by atoms with Crippen LogP contribution in [0.25, 0.3) is 11.0 Å². The molecule has 0 fully saturated rings. The molecule has 10 nitrogen and oxygen atoms in total. The summed E-state index contributed by atoms with van der Waals surface area (Å²) in [5, 5.41) is 0. The van der Waals surface area contributed by atoms with E-state index < -0.39 is 20.0 Å². The fourth-order valence-electron chi connectivity index (χ4n) is 3.60. The van der Waals surface area contributed by atoms with Crippen LogP contribution in [0.3, 0.4) is 0 Å². The van der Waals surface area contributed by atoms with Gasteiger partial charge in [0, 0.05) is 23.9 Å². The summed E-state index contributed by atoms with van der Waals surface area (Å²) in [7, 11) is -5.25. The van der Waals surface area contributed by atoms with Gasteiger partial charge >= 0.3 is 0 Å². The van der Waals surface area contributed by atoms with Gasteiger partial charge in [0.15, 0.2) is 5.52 Å². The lowest BCUT2D eigenvalue weighted by molar-refractivity contribution is 0.459. The Bertz CT molecular complexity index is 1740. The minimum absolute atomic E-state index is 0.0185. The maximum Gasteiger partial charge on any atom is 0.278 e. The van der Waals surface area contributed by atoms with Crippen molar-refractivity contribution in [1.29, 1.82) is 0 Å². The van der Waals surface area contributed by atoms with Crippen molar-refractivity contribution in [2.45, 2.75) is 30.2 Å². The van der Waals surface area contributed by atoms with Crippen LogP contribution < -0.4 is 10.3 Å². The number of fused-ring (bicyclic) bond motifs is 1. The zero-order valence-electron chi connectivity index (χ0n) is 19.9. The second-order valence-corrected chi connectivity index (χ2v) is 13.3. The quantitative estimate of drug-likeness (QED) is 0.298. The zero-order valence-corrected chi connectivity index (χ0v) is 23.7. The minimum Gasteiger partial charge on any atom is -0.341 e. The number of H-pyrrole nitrogens is 1. The molecule has 0 saturated carbocycles. The van der Waals surface area contributed by atoms with Crippen molar-refractivity contribution in [3.8, 4) is 0 Å². The van der Waals surface area contributed by atoms with Crippen LogP contribution in [-0.4, -0.2) is 42.7 Å².